The molecule has 252 valence electrons. The Bertz CT molecular complexity index is 2360. The van der Waals surface area contributed by atoms with Gasteiger partial charge in [0.2, 0.25) is 0 Å². The van der Waals surface area contributed by atoms with Crippen LogP contribution >= 0.6 is 0 Å². The summed E-state index contributed by atoms with van der Waals surface area (Å²) in [4.78, 5) is 23.4. The molecule has 0 atom stereocenters. The van der Waals surface area contributed by atoms with Crippen LogP contribution in [0.3, 0.4) is 0 Å². The maximum Gasteiger partial charge on any atom is 1.00 e. The number of carbonyl (C=O) groups is 2. The molecule has 0 unspecified atom stereocenters. The summed E-state index contributed by atoms with van der Waals surface area (Å²) in [6.07, 6.45) is -0.416. The van der Waals surface area contributed by atoms with Crippen LogP contribution in [0.5, 0.6) is 5.75 Å². The molecule has 1 amide bonds. The average molecular weight is 747 g/mol. The van der Waals surface area contributed by atoms with Gasteiger partial charge in [0.05, 0.1) is 9.79 Å². The summed E-state index contributed by atoms with van der Waals surface area (Å²) in [6.45, 7) is 0.444. The van der Waals surface area contributed by atoms with Crippen molar-refractivity contribution >= 4 is 64.6 Å². The molecular weight excluding hydrogens is 719 g/mol. The molecule has 0 saturated carbocycles. The number of amides is 1. The van der Waals surface area contributed by atoms with Crippen molar-refractivity contribution in [1.29, 1.82) is 0 Å². The van der Waals surface area contributed by atoms with Crippen molar-refractivity contribution in [2.24, 2.45) is 0 Å². The monoisotopic (exact) mass is 746 g/mol. The van der Waals surface area contributed by atoms with E-state index in [1.165, 1.54) is 5.39 Å². The number of nitrogens with one attached hydrogen (secondary N) is 2. The van der Waals surface area contributed by atoms with Crippen LogP contribution in [-0.2, 0) is 38.1 Å². The maximum atomic E-state index is 12.6. The van der Waals surface area contributed by atoms with Crippen LogP contribution in [0.25, 0.3) is 32.3 Å². The van der Waals surface area contributed by atoms with E-state index < -0.39 is 36.2 Å². The number of benzene rings is 6. The van der Waals surface area contributed by atoms with Crippen molar-refractivity contribution in [3.8, 4) is 5.75 Å². The largest absolute Gasteiger partial charge is 1.00 e. The molecule has 0 saturated heterocycles. The second-order valence-electron chi connectivity index (χ2n) is 11.3. The molecule has 2 N–H and O–H groups in total. The molecule has 51 heavy (non-hydrogen) atoms. The van der Waals surface area contributed by atoms with Crippen LogP contribution in [-0.4, -0.2) is 51.1 Å². The predicted molar refractivity (Wildman–Crippen MR) is 178 cm³/mol. The van der Waals surface area contributed by atoms with Gasteiger partial charge in [0.15, 0.2) is 0 Å². The first-order valence-electron chi connectivity index (χ1n) is 15.0. The summed E-state index contributed by atoms with van der Waals surface area (Å²) in [5, 5.41) is 12.1. The van der Waals surface area contributed by atoms with Crippen LogP contribution in [0.2, 0.25) is 0 Å². The van der Waals surface area contributed by atoms with Crippen molar-refractivity contribution in [2.45, 2.75) is 29.4 Å². The quantitative estimate of drug-likeness (QED) is 0.0391. The van der Waals surface area contributed by atoms with E-state index in [0.29, 0.717) is 35.9 Å². The van der Waals surface area contributed by atoms with Crippen molar-refractivity contribution < 1.29 is 104 Å². The summed E-state index contributed by atoms with van der Waals surface area (Å²) in [5.74, 6) is 0.0283. The molecule has 0 spiro atoms. The minimum absolute atomic E-state index is 0. The van der Waals surface area contributed by atoms with E-state index in [4.69, 9.17) is 9.47 Å². The summed E-state index contributed by atoms with van der Waals surface area (Å²) in [6, 6.07) is 26.9. The normalized spacial score (nSPS) is 11.6. The van der Waals surface area contributed by atoms with E-state index in [1.807, 2.05) is 42.5 Å². The number of hydrogen-bond acceptors (Lipinski definition) is 11. The fourth-order valence-corrected chi connectivity index (χ4v) is 6.92. The molecule has 6 aromatic rings. The first-order valence-corrected chi connectivity index (χ1v) is 17.8. The number of rotatable bonds is 12. The molecule has 0 heterocycles. The third kappa shape index (κ3) is 9.86. The van der Waals surface area contributed by atoms with Gasteiger partial charge in [-0.1, -0.05) is 60.7 Å². The van der Waals surface area contributed by atoms with E-state index in [9.17, 15) is 35.5 Å². The molecule has 0 aliphatic heterocycles. The topological polar surface area (TPSA) is 191 Å². The molecule has 0 radical (unpaired) electrons. The van der Waals surface area contributed by atoms with Gasteiger partial charge in [-0.25, -0.2) is 21.6 Å². The van der Waals surface area contributed by atoms with Gasteiger partial charge in [0, 0.05) is 18.7 Å². The maximum absolute atomic E-state index is 12.6. The average Bonchev–Trinajstić information content (AvgIpc) is 3.07. The summed E-state index contributed by atoms with van der Waals surface area (Å²) in [7, 11) is -9.96. The van der Waals surface area contributed by atoms with E-state index in [0.717, 1.165) is 39.1 Å². The van der Waals surface area contributed by atoms with Crippen LogP contribution < -0.4 is 74.5 Å². The molecule has 0 aromatic heterocycles. The minimum Gasteiger partial charge on any atom is -0.744 e. The van der Waals surface area contributed by atoms with Crippen molar-refractivity contribution in [3.05, 3.63) is 114 Å². The third-order valence-corrected chi connectivity index (χ3v) is 9.69. The second kappa shape index (κ2) is 17.1. The zero-order valence-corrected chi connectivity index (χ0v) is 33.3. The molecular formula is C35H28N2Na2O10S2. The predicted octanol–water partition coefficient (Wildman–Crippen LogP) is -0.974. The molecule has 0 fully saturated rings. The molecule has 0 bridgehead atoms. The van der Waals surface area contributed by atoms with Gasteiger partial charge < -0.3 is 29.2 Å². The van der Waals surface area contributed by atoms with E-state index in [1.54, 1.807) is 24.3 Å². The Morgan fingerprint density at radius 3 is 1.90 bits per heavy atom. The summed E-state index contributed by atoms with van der Waals surface area (Å²) < 4.78 is 79.0. The molecule has 6 aromatic carbocycles. The number of ether oxygens (including phenoxy) is 2. The summed E-state index contributed by atoms with van der Waals surface area (Å²) >= 11 is 0. The zero-order chi connectivity index (χ0) is 34.8. The first-order chi connectivity index (χ1) is 23.4. The number of carbonyl (C=O) groups excluding carboxylic acids is 2. The van der Waals surface area contributed by atoms with Gasteiger partial charge in [-0.05, 0) is 92.8 Å². The second-order valence-corrected chi connectivity index (χ2v) is 14.0. The SMILES string of the molecule is O=C(OCc1ccc(C(=O)NCCCNCc2ccc(S(=O)(=O)[O-])cc2S(=O)(=O)[O-])cc1)Oc1cc2ccc3cccc4ccc(c1)c2c34.[Na+].[Na+]. The Labute approximate surface area is 338 Å². The Morgan fingerprint density at radius 2 is 1.29 bits per heavy atom. The van der Waals surface area contributed by atoms with Crippen molar-refractivity contribution in [3.63, 3.8) is 0 Å². The Balaban J connectivity index is 0.00000292. The number of hydrogen-bond donors (Lipinski definition) is 2. The van der Waals surface area contributed by atoms with Crippen LogP contribution in [0, 0.1) is 0 Å². The molecule has 6 rings (SSSR count). The molecule has 16 heteroatoms. The van der Waals surface area contributed by atoms with Crippen molar-refractivity contribution in [2.75, 3.05) is 13.1 Å². The van der Waals surface area contributed by atoms with Crippen LogP contribution in [0.4, 0.5) is 4.79 Å². The third-order valence-electron chi connectivity index (χ3n) is 7.94. The first kappa shape index (κ1) is 40.6. The van der Waals surface area contributed by atoms with Gasteiger partial charge in [0.1, 0.15) is 32.6 Å². The van der Waals surface area contributed by atoms with Gasteiger partial charge in [-0.2, -0.15) is 0 Å². The van der Waals surface area contributed by atoms with Gasteiger partial charge in [-0.3, -0.25) is 4.79 Å². The Kier molecular flexibility index (Phi) is 13.7. The smallest absolute Gasteiger partial charge is 0.744 e. The fourth-order valence-electron chi connectivity index (χ4n) is 5.61. The van der Waals surface area contributed by atoms with E-state index in [2.05, 4.69) is 22.8 Å². The molecule has 0 aliphatic carbocycles. The Morgan fingerprint density at radius 1 is 0.686 bits per heavy atom. The molecule has 12 nitrogen and oxygen atoms in total. The fraction of sp³-hybridized carbons (Fsp3) is 0.143. The van der Waals surface area contributed by atoms with E-state index in [-0.39, 0.29) is 90.3 Å². The van der Waals surface area contributed by atoms with Gasteiger partial charge in [-0.15, -0.1) is 0 Å². The molecule has 0 aliphatic rings. The van der Waals surface area contributed by atoms with Crippen LogP contribution in [0.1, 0.15) is 27.9 Å². The Hall–Kier alpha value is -3.12. The van der Waals surface area contributed by atoms with Gasteiger partial charge >= 0.3 is 65.3 Å². The van der Waals surface area contributed by atoms with Crippen molar-refractivity contribution in [1.82, 2.24) is 10.6 Å². The standard InChI is InChI=1S/C35H30N2O10S2.2Na/c38-34(37-16-2-15-36-20-28-13-14-30(48(40,41)42)19-31(28)49(43,44)45)25-7-5-22(6-8-25)21-46-35(39)47-29-17-26-11-9-23-3-1-4-24-10-12-27(18-29)33(26)32(23)24;;/h1,3-14,17-19,36H,2,15-16,20-21H2,(H,37,38)(H,40,41,42)(H,43,44,45);;/q;2*+1/p-2. The van der Waals surface area contributed by atoms with Crippen LogP contribution in [0.15, 0.2) is 107 Å². The minimum atomic E-state index is -5.03. The summed E-state index contributed by atoms with van der Waals surface area (Å²) in [5.41, 5.74) is 1.04. The van der Waals surface area contributed by atoms with Gasteiger partial charge in [0.25, 0.3) is 5.91 Å². The van der Waals surface area contributed by atoms with E-state index >= 15 is 0 Å². The zero-order valence-electron chi connectivity index (χ0n) is 27.7.